The highest BCUT2D eigenvalue weighted by atomic mass is 32.2. The summed E-state index contributed by atoms with van der Waals surface area (Å²) in [7, 11) is -3.58. The van der Waals surface area contributed by atoms with E-state index in [2.05, 4.69) is 0 Å². The Balaban J connectivity index is 2.20. The first-order valence-corrected chi connectivity index (χ1v) is 7.79. The monoisotopic (exact) mass is 298 g/mol. The Kier molecular flexibility index (Phi) is 3.86. The lowest BCUT2D eigenvalue weighted by Crippen LogP contribution is -2.45. The van der Waals surface area contributed by atoms with Gasteiger partial charge in [-0.2, -0.15) is 4.31 Å². The first-order chi connectivity index (χ1) is 9.22. The van der Waals surface area contributed by atoms with E-state index in [1.54, 1.807) is 6.92 Å². The van der Waals surface area contributed by atoms with E-state index in [1.807, 2.05) is 0 Å². The summed E-state index contributed by atoms with van der Waals surface area (Å²) >= 11 is 0. The number of sulfonamides is 1. The molecule has 3 N–H and O–H groups in total. The second-order valence-corrected chi connectivity index (χ2v) is 7.23. The van der Waals surface area contributed by atoms with Crippen molar-refractivity contribution in [2.75, 3.05) is 13.1 Å². The van der Waals surface area contributed by atoms with Crippen molar-refractivity contribution >= 4 is 15.9 Å². The van der Waals surface area contributed by atoms with Crippen LogP contribution in [0.5, 0.6) is 0 Å². The highest BCUT2D eigenvalue weighted by Gasteiger charge is 2.33. The standard InChI is InChI=1S/C13H18N2O4S/c1-13(17)6-8-15(9-7-13)20(18,19)11-4-2-10(3-5-11)12(14)16/h2-5,17H,6-9H2,1H3,(H2,14,16). The molecule has 0 atom stereocenters. The Morgan fingerprint density at radius 2 is 1.75 bits per heavy atom. The van der Waals surface area contributed by atoms with E-state index in [1.165, 1.54) is 28.6 Å². The van der Waals surface area contributed by atoms with Gasteiger partial charge in [0, 0.05) is 18.7 Å². The number of amides is 1. The Bertz CT molecular complexity index is 598. The lowest BCUT2D eigenvalue weighted by atomic mass is 9.95. The summed E-state index contributed by atoms with van der Waals surface area (Å²) in [6, 6.07) is 5.55. The lowest BCUT2D eigenvalue weighted by molar-refractivity contribution is 0.0126. The molecule has 0 unspecified atom stereocenters. The van der Waals surface area contributed by atoms with E-state index < -0.39 is 21.5 Å². The number of nitrogens with two attached hydrogens (primary N) is 1. The maximum atomic E-state index is 12.4. The molecule has 1 aromatic carbocycles. The number of aliphatic hydroxyl groups is 1. The van der Waals surface area contributed by atoms with E-state index in [4.69, 9.17) is 5.73 Å². The Morgan fingerprint density at radius 1 is 1.25 bits per heavy atom. The fourth-order valence-corrected chi connectivity index (χ4v) is 3.59. The molecule has 1 amide bonds. The number of primary amides is 1. The smallest absolute Gasteiger partial charge is 0.248 e. The summed E-state index contributed by atoms with van der Waals surface area (Å²) in [4.78, 5) is 11.1. The fourth-order valence-electron chi connectivity index (χ4n) is 2.15. The third-order valence-corrected chi connectivity index (χ3v) is 5.49. The van der Waals surface area contributed by atoms with Crippen LogP contribution in [0.25, 0.3) is 0 Å². The number of piperidine rings is 1. The van der Waals surface area contributed by atoms with E-state index in [0.717, 1.165) is 0 Å². The van der Waals surface area contributed by atoms with Gasteiger partial charge in [0.1, 0.15) is 0 Å². The van der Waals surface area contributed by atoms with Gasteiger partial charge in [0.25, 0.3) is 0 Å². The molecule has 6 nitrogen and oxygen atoms in total. The summed E-state index contributed by atoms with van der Waals surface area (Å²) in [5, 5.41) is 9.85. The topological polar surface area (TPSA) is 101 Å². The third-order valence-electron chi connectivity index (χ3n) is 3.58. The average Bonchev–Trinajstić information content (AvgIpc) is 2.38. The molecule has 110 valence electrons. The third kappa shape index (κ3) is 3.00. The summed E-state index contributed by atoms with van der Waals surface area (Å²) < 4.78 is 26.2. The number of hydrogen-bond donors (Lipinski definition) is 2. The van der Waals surface area contributed by atoms with E-state index in [0.29, 0.717) is 12.8 Å². The zero-order valence-electron chi connectivity index (χ0n) is 11.2. The summed E-state index contributed by atoms with van der Waals surface area (Å²) in [5.41, 5.74) is 4.58. The summed E-state index contributed by atoms with van der Waals surface area (Å²) in [5.74, 6) is -0.594. The van der Waals surface area contributed by atoms with E-state index in [9.17, 15) is 18.3 Å². The molecule has 1 fully saturated rings. The SMILES string of the molecule is CC1(O)CCN(S(=O)(=O)c2ccc(C(N)=O)cc2)CC1. The van der Waals surface area contributed by atoms with Gasteiger partial charge < -0.3 is 10.8 Å². The van der Waals surface area contributed by atoms with Crippen molar-refractivity contribution in [3.8, 4) is 0 Å². The lowest BCUT2D eigenvalue weighted by Gasteiger charge is -2.34. The van der Waals surface area contributed by atoms with Gasteiger partial charge in [0.2, 0.25) is 15.9 Å². The van der Waals surface area contributed by atoms with Gasteiger partial charge in [0.05, 0.1) is 10.5 Å². The molecule has 0 saturated carbocycles. The van der Waals surface area contributed by atoms with Crippen LogP contribution in [0.2, 0.25) is 0 Å². The molecule has 1 aromatic rings. The van der Waals surface area contributed by atoms with Crippen LogP contribution in [0.3, 0.4) is 0 Å². The molecular formula is C13H18N2O4S. The number of rotatable bonds is 3. The number of hydrogen-bond acceptors (Lipinski definition) is 4. The minimum absolute atomic E-state index is 0.129. The van der Waals surface area contributed by atoms with Gasteiger partial charge in [-0.05, 0) is 44.0 Å². The van der Waals surface area contributed by atoms with E-state index >= 15 is 0 Å². The first kappa shape index (κ1) is 15.0. The number of carbonyl (C=O) groups is 1. The number of nitrogens with zero attached hydrogens (tertiary/aromatic N) is 1. The molecular weight excluding hydrogens is 280 g/mol. The van der Waals surface area contributed by atoms with Crippen molar-refractivity contribution in [1.29, 1.82) is 0 Å². The first-order valence-electron chi connectivity index (χ1n) is 6.35. The van der Waals surface area contributed by atoms with Gasteiger partial charge in [-0.15, -0.1) is 0 Å². The van der Waals surface area contributed by atoms with Gasteiger partial charge in [0.15, 0.2) is 0 Å². The van der Waals surface area contributed by atoms with Crippen LogP contribution < -0.4 is 5.73 Å². The fraction of sp³-hybridized carbons (Fsp3) is 0.462. The summed E-state index contributed by atoms with van der Waals surface area (Å²) in [6.07, 6.45) is 0.817. The molecule has 0 aliphatic carbocycles. The van der Waals surface area contributed by atoms with Crippen LogP contribution in [0.15, 0.2) is 29.2 Å². The van der Waals surface area contributed by atoms with Crippen molar-refractivity contribution in [3.05, 3.63) is 29.8 Å². The normalized spacial score (nSPS) is 19.7. The van der Waals surface area contributed by atoms with Crippen LogP contribution in [-0.4, -0.2) is 42.4 Å². The van der Waals surface area contributed by atoms with Gasteiger partial charge in [-0.3, -0.25) is 4.79 Å². The second kappa shape index (κ2) is 5.16. The molecule has 0 aromatic heterocycles. The minimum atomic E-state index is -3.58. The van der Waals surface area contributed by atoms with Gasteiger partial charge >= 0.3 is 0 Å². The molecule has 1 aliphatic heterocycles. The highest BCUT2D eigenvalue weighted by Crippen LogP contribution is 2.26. The molecule has 1 aliphatic rings. The Labute approximate surface area is 118 Å². The Morgan fingerprint density at radius 3 is 2.20 bits per heavy atom. The predicted octanol–water partition coefficient (Wildman–Crippen LogP) is 0.321. The van der Waals surface area contributed by atoms with Crippen molar-refractivity contribution in [2.24, 2.45) is 5.73 Å². The molecule has 0 bridgehead atoms. The molecule has 1 saturated heterocycles. The van der Waals surface area contributed by atoms with Gasteiger partial charge in [-0.25, -0.2) is 8.42 Å². The molecule has 1 heterocycles. The molecule has 0 radical (unpaired) electrons. The largest absolute Gasteiger partial charge is 0.390 e. The minimum Gasteiger partial charge on any atom is -0.390 e. The van der Waals surface area contributed by atoms with Gasteiger partial charge in [-0.1, -0.05) is 0 Å². The highest BCUT2D eigenvalue weighted by molar-refractivity contribution is 7.89. The van der Waals surface area contributed by atoms with Crippen molar-refractivity contribution < 1.29 is 18.3 Å². The quantitative estimate of drug-likeness (QED) is 0.839. The van der Waals surface area contributed by atoms with Crippen LogP contribution in [0.4, 0.5) is 0 Å². The van der Waals surface area contributed by atoms with Crippen LogP contribution in [0, 0.1) is 0 Å². The van der Waals surface area contributed by atoms with Crippen LogP contribution >= 0.6 is 0 Å². The zero-order valence-corrected chi connectivity index (χ0v) is 12.1. The molecule has 7 heteroatoms. The van der Waals surface area contributed by atoms with E-state index in [-0.39, 0.29) is 23.5 Å². The maximum Gasteiger partial charge on any atom is 0.248 e. The predicted molar refractivity (Wildman–Crippen MR) is 73.6 cm³/mol. The zero-order chi connectivity index (χ0) is 15.0. The molecule has 20 heavy (non-hydrogen) atoms. The number of carbonyl (C=O) groups excluding carboxylic acids is 1. The Hall–Kier alpha value is -1.44. The maximum absolute atomic E-state index is 12.4. The number of benzene rings is 1. The second-order valence-electron chi connectivity index (χ2n) is 5.29. The average molecular weight is 298 g/mol. The van der Waals surface area contributed by atoms with Crippen LogP contribution in [0.1, 0.15) is 30.1 Å². The molecule has 0 spiro atoms. The molecule has 2 rings (SSSR count). The van der Waals surface area contributed by atoms with Crippen molar-refractivity contribution in [1.82, 2.24) is 4.31 Å². The summed E-state index contributed by atoms with van der Waals surface area (Å²) in [6.45, 7) is 2.28. The van der Waals surface area contributed by atoms with Crippen molar-refractivity contribution in [3.63, 3.8) is 0 Å². The van der Waals surface area contributed by atoms with Crippen molar-refractivity contribution in [2.45, 2.75) is 30.3 Å². The van der Waals surface area contributed by atoms with Crippen LogP contribution in [-0.2, 0) is 10.0 Å².